The van der Waals surface area contributed by atoms with E-state index < -0.39 is 12.8 Å². The van der Waals surface area contributed by atoms with Gasteiger partial charge in [0.1, 0.15) is 6.61 Å². The second kappa shape index (κ2) is 14.5. The SMILES string of the molecule is CCOc1ccc(C(C)NC(=NC)NCCCOCC(F)(F)F)cc1OCC.I. The highest BCUT2D eigenvalue weighted by atomic mass is 127. The molecule has 0 spiro atoms. The van der Waals surface area contributed by atoms with Crippen molar-refractivity contribution in [1.29, 1.82) is 0 Å². The summed E-state index contributed by atoms with van der Waals surface area (Å²) in [5.74, 6) is 1.93. The second-order valence-electron chi connectivity index (χ2n) is 5.96. The number of nitrogens with one attached hydrogen (secondary N) is 2. The van der Waals surface area contributed by atoms with Crippen molar-refractivity contribution in [3.05, 3.63) is 23.8 Å². The normalized spacial score (nSPS) is 12.7. The fourth-order valence-corrected chi connectivity index (χ4v) is 2.39. The average molecular weight is 533 g/mol. The lowest BCUT2D eigenvalue weighted by molar-refractivity contribution is -0.173. The zero-order chi connectivity index (χ0) is 21.0. The average Bonchev–Trinajstić information content (AvgIpc) is 2.64. The Morgan fingerprint density at radius 1 is 1.14 bits per heavy atom. The Labute approximate surface area is 187 Å². The molecule has 0 aromatic heterocycles. The fraction of sp³-hybridized carbons (Fsp3) is 0.632. The molecule has 0 aliphatic heterocycles. The topological polar surface area (TPSA) is 64.1 Å². The van der Waals surface area contributed by atoms with E-state index in [1.807, 2.05) is 39.0 Å². The summed E-state index contributed by atoms with van der Waals surface area (Å²) in [5.41, 5.74) is 0.989. The summed E-state index contributed by atoms with van der Waals surface area (Å²) in [4.78, 5) is 4.13. The number of ether oxygens (including phenoxy) is 3. The largest absolute Gasteiger partial charge is 0.490 e. The highest BCUT2D eigenvalue weighted by molar-refractivity contribution is 14.0. The summed E-state index contributed by atoms with van der Waals surface area (Å²) in [6, 6.07) is 5.67. The van der Waals surface area contributed by atoms with Crippen molar-refractivity contribution in [1.82, 2.24) is 10.6 Å². The summed E-state index contributed by atoms with van der Waals surface area (Å²) in [6.07, 6.45) is -3.86. The van der Waals surface area contributed by atoms with Crippen LogP contribution in [0.15, 0.2) is 23.2 Å². The number of nitrogens with zero attached hydrogens (tertiary/aromatic N) is 1. The molecule has 6 nitrogen and oxygen atoms in total. The number of alkyl halides is 3. The molecule has 1 atom stereocenters. The molecule has 10 heteroatoms. The lowest BCUT2D eigenvalue weighted by Crippen LogP contribution is -2.39. The molecule has 0 aliphatic carbocycles. The Morgan fingerprint density at radius 2 is 1.79 bits per heavy atom. The third kappa shape index (κ3) is 11.4. The lowest BCUT2D eigenvalue weighted by Gasteiger charge is -2.20. The minimum absolute atomic E-state index is 0. The Morgan fingerprint density at radius 3 is 2.38 bits per heavy atom. The number of guanidine groups is 1. The van der Waals surface area contributed by atoms with Gasteiger partial charge >= 0.3 is 6.18 Å². The minimum Gasteiger partial charge on any atom is -0.490 e. The van der Waals surface area contributed by atoms with E-state index >= 15 is 0 Å². The molecule has 0 fully saturated rings. The van der Waals surface area contributed by atoms with Crippen LogP contribution in [0.25, 0.3) is 0 Å². The Balaban J connectivity index is 0.00000784. The van der Waals surface area contributed by atoms with E-state index in [1.54, 1.807) is 7.05 Å². The molecule has 168 valence electrons. The molecular weight excluding hydrogens is 502 g/mol. The van der Waals surface area contributed by atoms with Gasteiger partial charge in [0.25, 0.3) is 0 Å². The molecule has 0 saturated carbocycles. The van der Waals surface area contributed by atoms with E-state index in [0.717, 1.165) is 5.56 Å². The summed E-state index contributed by atoms with van der Waals surface area (Å²) < 4.78 is 51.8. The molecule has 0 amide bonds. The number of halogens is 4. The highest BCUT2D eigenvalue weighted by Gasteiger charge is 2.27. The van der Waals surface area contributed by atoms with Crippen LogP contribution in [0.2, 0.25) is 0 Å². The van der Waals surface area contributed by atoms with Crippen molar-refractivity contribution in [2.24, 2.45) is 4.99 Å². The van der Waals surface area contributed by atoms with Crippen LogP contribution in [-0.4, -0.2) is 52.2 Å². The first-order valence-corrected chi connectivity index (χ1v) is 9.31. The lowest BCUT2D eigenvalue weighted by atomic mass is 10.1. The summed E-state index contributed by atoms with van der Waals surface area (Å²) in [6.45, 7) is 6.13. The van der Waals surface area contributed by atoms with Crippen molar-refractivity contribution >= 4 is 29.9 Å². The molecule has 0 heterocycles. The van der Waals surface area contributed by atoms with Gasteiger partial charge in [-0.2, -0.15) is 13.2 Å². The Kier molecular flexibility index (Phi) is 13.8. The van der Waals surface area contributed by atoms with Crippen LogP contribution in [0.4, 0.5) is 13.2 Å². The molecule has 0 aliphatic rings. The molecule has 1 aromatic carbocycles. The highest BCUT2D eigenvalue weighted by Crippen LogP contribution is 2.30. The summed E-state index contributed by atoms with van der Waals surface area (Å²) in [7, 11) is 1.63. The van der Waals surface area contributed by atoms with E-state index in [0.29, 0.717) is 43.6 Å². The third-order valence-electron chi connectivity index (χ3n) is 3.67. The van der Waals surface area contributed by atoms with Crippen molar-refractivity contribution in [3.63, 3.8) is 0 Å². The maximum absolute atomic E-state index is 12.0. The first kappa shape index (κ1) is 27.6. The minimum atomic E-state index is -4.29. The van der Waals surface area contributed by atoms with E-state index in [4.69, 9.17) is 9.47 Å². The first-order valence-electron chi connectivity index (χ1n) is 9.31. The number of benzene rings is 1. The van der Waals surface area contributed by atoms with Gasteiger partial charge in [-0.25, -0.2) is 0 Å². The van der Waals surface area contributed by atoms with Gasteiger partial charge in [0, 0.05) is 20.2 Å². The van der Waals surface area contributed by atoms with Gasteiger partial charge < -0.3 is 24.8 Å². The molecule has 1 unspecified atom stereocenters. The molecule has 0 radical (unpaired) electrons. The van der Waals surface area contributed by atoms with E-state index in [1.165, 1.54) is 0 Å². The van der Waals surface area contributed by atoms with Crippen LogP contribution in [-0.2, 0) is 4.74 Å². The molecule has 1 aromatic rings. The smallest absolute Gasteiger partial charge is 0.411 e. The zero-order valence-electron chi connectivity index (χ0n) is 17.3. The van der Waals surface area contributed by atoms with Crippen molar-refractivity contribution < 1.29 is 27.4 Å². The van der Waals surface area contributed by atoms with Gasteiger partial charge in [-0.05, 0) is 44.9 Å². The fourth-order valence-electron chi connectivity index (χ4n) is 2.39. The maximum Gasteiger partial charge on any atom is 0.411 e. The molecule has 1 rings (SSSR count). The van der Waals surface area contributed by atoms with Crippen LogP contribution in [0.1, 0.15) is 38.8 Å². The predicted octanol–water partition coefficient (Wildman–Crippen LogP) is 4.30. The van der Waals surface area contributed by atoms with Crippen molar-refractivity contribution in [3.8, 4) is 11.5 Å². The van der Waals surface area contributed by atoms with E-state index in [-0.39, 0.29) is 36.6 Å². The van der Waals surface area contributed by atoms with Crippen molar-refractivity contribution in [2.45, 2.75) is 39.4 Å². The number of aliphatic imine (C=N–C) groups is 1. The maximum atomic E-state index is 12.0. The first-order chi connectivity index (χ1) is 13.3. The van der Waals surface area contributed by atoms with Crippen LogP contribution in [0, 0.1) is 0 Å². The van der Waals surface area contributed by atoms with Gasteiger partial charge in [-0.3, -0.25) is 4.99 Å². The Bertz CT molecular complexity index is 616. The van der Waals surface area contributed by atoms with Gasteiger partial charge in [0.15, 0.2) is 17.5 Å². The number of hydrogen-bond acceptors (Lipinski definition) is 4. The van der Waals surface area contributed by atoms with Crippen LogP contribution >= 0.6 is 24.0 Å². The van der Waals surface area contributed by atoms with E-state index in [9.17, 15) is 13.2 Å². The quantitative estimate of drug-likeness (QED) is 0.192. The Hall–Kier alpha value is -1.43. The second-order valence-corrected chi connectivity index (χ2v) is 5.96. The van der Waals surface area contributed by atoms with Crippen molar-refractivity contribution in [2.75, 3.05) is 40.0 Å². The van der Waals surface area contributed by atoms with Gasteiger partial charge in [-0.1, -0.05) is 6.07 Å². The molecular formula is C19H31F3IN3O3. The van der Waals surface area contributed by atoms with Gasteiger partial charge in [0.05, 0.1) is 19.3 Å². The number of hydrogen-bond donors (Lipinski definition) is 2. The zero-order valence-corrected chi connectivity index (χ0v) is 19.6. The molecule has 29 heavy (non-hydrogen) atoms. The van der Waals surface area contributed by atoms with Crippen LogP contribution in [0.3, 0.4) is 0 Å². The molecule has 2 N–H and O–H groups in total. The standard InChI is InChI=1S/C19H30F3N3O3.HI/c1-5-27-16-9-8-15(12-17(16)28-6-2)14(3)25-18(23-4)24-10-7-11-26-13-19(20,21)22;/h8-9,12,14H,5-7,10-11,13H2,1-4H3,(H2,23,24,25);1H. The van der Waals surface area contributed by atoms with Crippen LogP contribution in [0.5, 0.6) is 11.5 Å². The molecule has 0 bridgehead atoms. The number of rotatable bonds is 11. The van der Waals surface area contributed by atoms with E-state index in [2.05, 4.69) is 20.4 Å². The van der Waals surface area contributed by atoms with Gasteiger partial charge in [-0.15, -0.1) is 24.0 Å². The third-order valence-corrected chi connectivity index (χ3v) is 3.67. The summed E-state index contributed by atoms with van der Waals surface area (Å²) in [5, 5.41) is 6.30. The summed E-state index contributed by atoms with van der Waals surface area (Å²) >= 11 is 0. The molecule has 0 saturated heterocycles. The monoisotopic (exact) mass is 533 g/mol. The predicted molar refractivity (Wildman–Crippen MR) is 119 cm³/mol. The van der Waals surface area contributed by atoms with Gasteiger partial charge in [0.2, 0.25) is 0 Å². The van der Waals surface area contributed by atoms with Crippen LogP contribution < -0.4 is 20.1 Å².